The number of carbonyl (C=O) groups excluding carboxylic acids is 1. The number of hydrogen-bond donors (Lipinski definition) is 1. The molecule has 2 N–H and O–H groups in total. The van der Waals surface area contributed by atoms with Crippen LogP contribution in [0, 0.1) is 6.92 Å². The molecule has 0 aliphatic heterocycles. The number of hydrogen-bond acceptors (Lipinski definition) is 6. The molecule has 20 heavy (non-hydrogen) atoms. The van der Waals surface area contributed by atoms with Crippen LogP contribution < -0.4 is 5.73 Å². The van der Waals surface area contributed by atoms with E-state index in [1.807, 2.05) is 37.3 Å². The molecule has 2 rings (SSSR count). The quantitative estimate of drug-likeness (QED) is 0.679. The van der Waals surface area contributed by atoms with Gasteiger partial charge >= 0.3 is 5.97 Å². The van der Waals surface area contributed by atoms with Gasteiger partial charge in [0, 0.05) is 5.75 Å². The molecular formula is C14H16N2O2S2. The average molecular weight is 308 g/mol. The molecule has 1 heterocycles. The summed E-state index contributed by atoms with van der Waals surface area (Å²) in [6.07, 6.45) is 0. The second-order valence-corrected chi connectivity index (χ2v) is 6.54. The van der Waals surface area contributed by atoms with E-state index in [1.54, 1.807) is 11.8 Å². The van der Waals surface area contributed by atoms with Crippen LogP contribution in [0.4, 0.5) is 5.13 Å². The number of benzene rings is 1. The number of anilines is 1. The van der Waals surface area contributed by atoms with E-state index in [2.05, 4.69) is 4.98 Å². The molecule has 0 saturated carbocycles. The van der Waals surface area contributed by atoms with Crippen LogP contribution in [0.5, 0.6) is 0 Å². The average Bonchev–Trinajstić information content (AvgIpc) is 2.78. The first kappa shape index (κ1) is 14.9. The highest BCUT2D eigenvalue weighted by atomic mass is 32.2. The smallest absolute Gasteiger partial charge is 0.313 e. The molecule has 0 aliphatic carbocycles. The lowest BCUT2D eigenvalue weighted by Crippen LogP contribution is -2.16. The van der Waals surface area contributed by atoms with Gasteiger partial charge in [0.05, 0.1) is 22.9 Å². The minimum absolute atomic E-state index is 0.223. The van der Waals surface area contributed by atoms with Gasteiger partial charge in [0.2, 0.25) is 0 Å². The van der Waals surface area contributed by atoms with Crippen LogP contribution in [0.15, 0.2) is 34.5 Å². The Morgan fingerprint density at radius 3 is 2.70 bits per heavy atom. The topological polar surface area (TPSA) is 65.2 Å². The molecule has 1 unspecified atom stereocenters. The van der Waals surface area contributed by atoms with Crippen molar-refractivity contribution in [2.45, 2.75) is 17.1 Å². The van der Waals surface area contributed by atoms with E-state index < -0.39 is 0 Å². The lowest BCUT2D eigenvalue weighted by atomic mass is 10.0. The van der Waals surface area contributed by atoms with Crippen LogP contribution in [-0.4, -0.2) is 23.8 Å². The summed E-state index contributed by atoms with van der Waals surface area (Å²) in [5, 5.41) is 0.555. The van der Waals surface area contributed by atoms with Crippen molar-refractivity contribution in [3.05, 3.63) is 41.6 Å². The number of rotatable bonds is 5. The van der Waals surface area contributed by atoms with Gasteiger partial charge in [-0.05, 0) is 12.5 Å². The highest BCUT2D eigenvalue weighted by molar-refractivity contribution is 8.01. The van der Waals surface area contributed by atoms with Crippen LogP contribution in [0.25, 0.3) is 0 Å². The van der Waals surface area contributed by atoms with E-state index >= 15 is 0 Å². The van der Waals surface area contributed by atoms with Crippen molar-refractivity contribution in [2.75, 3.05) is 18.6 Å². The van der Waals surface area contributed by atoms with Gasteiger partial charge in [-0.1, -0.05) is 41.7 Å². The van der Waals surface area contributed by atoms with Gasteiger partial charge in [0.25, 0.3) is 0 Å². The molecule has 2 aromatic rings. The third kappa shape index (κ3) is 3.52. The van der Waals surface area contributed by atoms with Gasteiger partial charge in [0.15, 0.2) is 5.13 Å². The standard InChI is InChI=1S/C14H16N2O2S2/c1-9-13(20-14(15)16-9)19-8-11(12(17)18-2)10-6-4-3-5-7-10/h3-7,11H,8H2,1-2H3,(H2,15,16). The molecule has 1 atom stereocenters. The summed E-state index contributed by atoms with van der Waals surface area (Å²) >= 11 is 3.04. The van der Waals surface area contributed by atoms with Gasteiger partial charge in [0.1, 0.15) is 0 Å². The van der Waals surface area contributed by atoms with Gasteiger partial charge in [-0.3, -0.25) is 4.79 Å². The summed E-state index contributed by atoms with van der Waals surface area (Å²) in [6, 6.07) is 9.66. The largest absolute Gasteiger partial charge is 0.469 e. The lowest BCUT2D eigenvalue weighted by molar-refractivity contribution is -0.141. The van der Waals surface area contributed by atoms with Crippen molar-refractivity contribution in [3.8, 4) is 0 Å². The van der Waals surface area contributed by atoms with Crippen LogP contribution in [-0.2, 0) is 9.53 Å². The number of thiazole rings is 1. The third-order valence-electron chi connectivity index (χ3n) is 2.84. The minimum atomic E-state index is -0.283. The van der Waals surface area contributed by atoms with Gasteiger partial charge in [-0.2, -0.15) is 0 Å². The van der Waals surface area contributed by atoms with Crippen LogP contribution in [0.2, 0.25) is 0 Å². The monoisotopic (exact) mass is 308 g/mol. The summed E-state index contributed by atoms with van der Waals surface area (Å²) in [6.45, 7) is 1.92. The second kappa shape index (κ2) is 6.76. The second-order valence-electron chi connectivity index (χ2n) is 4.22. The van der Waals surface area contributed by atoms with E-state index in [4.69, 9.17) is 10.5 Å². The molecule has 0 bridgehead atoms. The Bertz CT molecular complexity index is 584. The Hall–Kier alpha value is -1.53. The first-order valence-electron chi connectivity index (χ1n) is 6.10. The summed E-state index contributed by atoms with van der Waals surface area (Å²) in [5.74, 6) is 0.104. The van der Waals surface area contributed by atoms with Gasteiger partial charge in [-0.15, -0.1) is 11.8 Å². The molecule has 4 nitrogen and oxygen atoms in total. The van der Waals surface area contributed by atoms with Crippen molar-refractivity contribution in [1.29, 1.82) is 0 Å². The minimum Gasteiger partial charge on any atom is -0.469 e. The number of nitrogens with zero attached hydrogens (tertiary/aromatic N) is 1. The van der Waals surface area contributed by atoms with Gasteiger partial charge in [-0.25, -0.2) is 4.98 Å². The van der Waals surface area contributed by atoms with E-state index in [-0.39, 0.29) is 11.9 Å². The van der Waals surface area contributed by atoms with E-state index in [0.29, 0.717) is 10.9 Å². The predicted octanol–water partition coefficient (Wildman–Crippen LogP) is 3.08. The van der Waals surface area contributed by atoms with Crippen molar-refractivity contribution in [2.24, 2.45) is 0 Å². The highest BCUT2D eigenvalue weighted by Gasteiger charge is 2.22. The Morgan fingerprint density at radius 1 is 1.45 bits per heavy atom. The number of carbonyl (C=O) groups is 1. The first-order chi connectivity index (χ1) is 9.61. The van der Waals surface area contributed by atoms with Gasteiger partial charge < -0.3 is 10.5 Å². The highest BCUT2D eigenvalue weighted by Crippen LogP contribution is 2.34. The number of aromatic nitrogens is 1. The molecule has 0 aliphatic rings. The molecular weight excluding hydrogens is 292 g/mol. The Labute approximate surface area is 126 Å². The fraction of sp³-hybridized carbons (Fsp3) is 0.286. The van der Waals surface area contributed by atoms with Crippen LogP contribution in [0.1, 0.15) is 17.2 Å². The summed E-state index contributed by atoms with van der Waals surface area (Å²) < 4.78 is 5.95. The zero-order valence-electron chi connectivity index (χ0n) is 11.3. The van der Waals surface area contributed by atoms with Crippen molar-refractivity contribution in [1.82, 2.24) is 4.98 Å². The molecule has 0 spiro atoms. The van der Waals surface area contributed by atoms with E-state index in [1.165, 1.54) is 18.4 Å². The van der Waals surface area contributed by atoms with E-state index in [0.717, 1.165) is 15.5 Å². The Balaban J connectivity index is 2.13. The molecule has 1 aromatic heterocycles. The van der Waals surface area contributed by atoms with Crippen molar-refractivity contribution in [3.63, 3.8) is 0 Å². The number of nitrogen functional groups attached to an aromatic ring is 1. The molecule has 0 amide bonds. The lowest BCUT2D eigenvalue weighted by Gasteiger charge is -2.14. The SMILES string of the molecule is COC(=O)C(CSc1sc(N)nc1C)c1ccccc1. The Kier molecular flexibility index (Phi) is 5.03. The predicted molar refractivity (Wildman–Crippen MR) is 83.2 cm³/mol. The number of nitrogens with two attached hydrogens (primary N) is 1. The molecule has 0 fully saturated rings. The zero-order valence-corrected chi connectivity index (χ0v) is 13.0. The maximum absolute atomic E-state index is 12.0. The van der Waals surface area contributed by atoms with E-state index in [9.17, 15) is 4.79 Å². The fourth-order valence-corrected chi connectivity index (χ4v) is 3.99. The molecule has 0 saturated heterocycles. The Morgan fingerprint density at radius 2 is 2.15 bits per heavy atom. The zero-order chi connectivity index (χ0) is 14.5. The first-order valence-corrected chi connectivity index (χ1v) is 7.90. The number of esters is 1. The van der Waals surface area contributed by atoms with Crippen molar-refractivity contribution < 1.29 is 9.53 Å². The number of aryl methyl sites for hydroxylation is 1. The summed E-state index contributed by atoms with van der Waals surface area (Å²) in [7, 11) is 1.42. The normalized spacial score (nSPS) is 12.1. The molecule has 1 aromatic carbocycles. The maximum Gasteiger partial charge on any atom is 0.313 e. The van der Waals surface area contributed by atoms with Crippen LogP contribution in [0.3, 0.4) is 0 Å². The summed E-state index contributed by atoms with van der Waals surface area (Å²) in [4.78, 5) is 16.1. The summed E-state index contributed by atoms with van der Waals surface area (Å²) in [5.41, 5.74) is 7.56. The van der Waals surface area contributed by atoms with Crippen LogP contribution >= 0.6 is 23.1 Å². The maximum atomic E-state index is 12.0. The third-order valence-corrected chi connectivity index (χ3v) is 5.28. The van der Waals surface area contributed by atoms with Crippen molar-refractivity contribution >= 4 is 34.2 Å². The number of methoxy groups -OCH3 is 1. The number of thioether (sulfide) groups is 1. The molecule has 0 radical (unpaired) electrons. The number of ether oxygens (including phenoxy) is 1. The molecule has 106 valence electrons. The fourth-order valence-electron chi connectivity index (χ4n) is 1.82. The molecule has 6 heteroatoms.